The minimum Gasteiger partial charge on any atom is -0.496 e. The predicted octanol–water partition coefficient (Wildman–Crippen LogP) is 7.97. The number of aryl methyl sites for hydroxylation is 1. The monoisotopic (exact) mass is 741 g/mol. The molecule has 0 bridgehead atoms. The van der Waals surface area contributed by atoms with Gasteiger partial charge in [-0.25, -0.2) is 19.1 Å². The number of ether oxygens (including phenoxy) is 2. The Morgan fingerprint density at radius 2 is 1.87 bits per heavy atom. The normalized spacial score (nSPS) is 14.2. The summed E-state index contributed by atoms with van der Waals surface area (Å²) in [6.07, 6.45) is 7.98. The number of carbonyl (C=O) groups is 2. The molecule has 3 N–H and O–H groups in total. The van der Waals surface area contributed by atoms with Crippen molar-refractivity contribution in [2.75, 3.05) is 43.5 Å². The maximum absolute atomic E-state index is 14.2. The zero-order valence-electron chi connectivity index (χ0n) is 31.9. The Hall–Kier alpha value is -5.14. The first-order valence-electron chi connectivity index (χ1n) is 18.8. The van der Waals surface area contributed by atoms with Crippen molar-refractivity contribution in [3.8, 4) is 23.1 Å². The van der Waals surface area contributed by atoms with E-state index in [9.17, 15) is 14.0 Å². The Morgan fingerprint density at radius 1 is 1.09 bits per heavy atom. The Bertz CT molecular complexity index is 1910. The summed E-state index contributed by atoms with van der Waals surface area (Å²) in [5.74, 6) is -0.269. The number of amides is 2. The Morgan fingerprint density at radius 3 is 2.59 bits per heavy atom. The Balaban J connectivity index is 1.35. The highest BCUT2D eigenvalue weighted by Crippen LogP contribution is 2.33. The predicted molar refractivity (Wildman–Crippen MR) is 207 cm³/mol. The fraction of sp³-hybridized carbons (Fsp3) is 0.439. The Kier molecular flexibility index (Phi) is 14.3. The van der Waals surface area contributed by atoms with Crippen molar-refractivity contribution in [2.45, 2.75) is 78.7 Å². The van der Waals surface area contributed by atoms with Crippen molar-refractivity contribution in [3.05, 3.63) is 88.9 Å². The van der Waals surface area contributed by atoms with Crippen LogP contribution in [0, 0.1) is 18.7 Å². The van der Waals surface area contributed by atoms with E-state index in [4.69, 9.17) is 24.6 Å². The van der Waals surface area contributed by atoms with E-state index in [2.05, 4.69) is 47.3 Å². The van der Waals surface area contributed by atoms with Crippen molar-refractivity contribution in [1.82, 2.24) is 20.1 Å². The SMILES string of the molecule is CC/C(=C\CC(N)C(C)C)Cc1nc(OC(=O)N(CCCN2CCCCC2)c2nnc(-c3ccc(NC(=O)c4ccccc4F)cc3OC)o2)ccc1C. The maximum Gasteiger partial charge on any atom is 0.424 e. The molecule has 0 spiro atoms. The molecule has 0 radical (unpaired) electrons. The first-order chi connectivity index (χ1) is 26.1. The van der Waals surface area contributed by atoms with Gasteiger partial charge in [0.15, 0.2) is 0 Å². The summed E-state index contributed by atoms with van der Waals surface area (Å²) in [7, 11) is 1.46. The minimum absolute atomic E-state index is 0.0438. The van der Waals surface area contributed by atoms with Crippen LogP contribution in [0.25, 0.3) is 11.5 Å². The molecule has 54 heavy (non-hydrogen) atoms. The number of nitrogens with two attached hydrogens (primary N) is 1. The summed E-state index contributed by atoms with van der Waals surface area (Å²) < 4.78 is 31.7. The lowest BCUT2D eigenvalue weighted by Gasteiger charge is -2.27. The molecule has 288 valence electrons. The van der Waals surface area contributed by atoms with Gasteiger partial charge in [-0.15, -0.1) is 5.10 Å². The van der Waals surface area contributed by atoms with Crippen molar-refractivity contribution in [2.24, 2.45) is 11.7 Å². The molecule has 1 unspecified atom stereocenters. The standard InChI is InChI=1S/C41H52FN7O5/c1-6-29(16-19-34(43)27(2)3)25-35-28(4)15-20-37(45-35)53-41(51)49(24-12-23-48-21-10-7-11-22-48)40-47-46-39(54-40)32-18-17-30(26-36(32)52-5)44-38(50)31-13-8-9-14-33(31)42/h8-9,13-18,20,26-27,34H,6-7,10-12,19,21-25,43H2,1-5H3,(H,44,50)/b29-16+. The third kappa shape index (κ3) is 10.7. The third-order valence-corrected chi connectivity index (χ3v) is 9.73. The van der Waals surface area contributed by atoms with E-state index in [1.807, 2.05) is 13.0 Å². The average Bonchev–Trinajstić information content (AvgIpc) is 3.66. The summed E-state index contributed by atoms with van der Waals surface area (Å²) in [6, 6.07) is 14.2. The smallest absolute Gasteiger partial charge is 0.424 e. The van der Waals surface area contributed by atoms with Crippen LogP contribution in [0.4, 0.5) is 20.9 Å². The van der Waals surface area contributed by atoms with Gasteiger partial charge in [0.05, 0.1) is 23.9 Å². The highest BCUT2D eigenvalue weighted by Gasteiger charge is 2.26. The molecule has 1 fully saturated rings. The van der Waals surface area contributed by atoms with E-state index in [-0.39, 0.29) is 35.9 Å². The van der Waals surface area contributed by atoms with Crippen LogP contribution in [-0.2, 0) is 6.42 Å². The van der Waals surface area contributed by atoms with Crippen molar-refractivity contribution >= 4 is 23.7 Å². The number of allylic oxidation sites excluding steroid dienone is 1. The van der Waals surface area contributed by atoms with Crippen LogP contribution in [-0.4, -0.2) is 71.4 Å². The summed E-state index contributed by atoms with van der Waals surface area (Å²) in [5, 5.41) is 11.2. The fourth-order valence-corrected chi connectivity index (χ4v) is 6.19. The van der Waals surface area contributed by atoms with E-state index in [0.717, 1.165) is 56.6 Å². The number of carbonyl (C=O) groups excluding carboxylic acids is 2. The summed E-state index contributed by atoms with van der Waals surface area (Å²) in [4.78, 5) is 35.1. The van der Waals surface area contributed by atoms with Gasteiger partial charge < -0.3 is 29.8 Å². The second-order valence-electron chi connectivity index (χ2n) is 14.0. The van der Waals surface area contributed by atoms with Crippen LogP contribution in [0.2, 0.25) is 0 Å². The molecule has 4 aromatic rings. The van der Waals surface area contributed by atoms with Gasteiger partial charge in [-0.05, 0) is 94.4 Å². The van der Waals surface area contributed by atoms with Crippen LogP contribution >= 0.6 is 0 Å². The number of methoxy groups -OCH3 is 1. The molecule has 5 rings (SSSR count). The number of rotatable bonds is 16. The van der Waals surface area contributed by atoms with E-state index >= 15 is 0 Å². The highest BCUT2D eigenvalue weighted by molar-refractivity contribution is 6.04. The van der Waals surface area contributed by atoms with Crippen LogP contribution < -0.4 is 25.4 Å². The molecule has 3 heterocycles. The lowest BCUT2D eigenvalue weighted by Crippen LogP contribution is -2.38. The summed E-state index contributed by atoms with van der Waals surface area (Å²) >= 11 is 0. The molecular formula is C41H52FN7O5. The van der Waals surface area contributed by atoms with Crippen LogP contribution in [0.3, 0.4) is 0 Å². The number of nitrogens with one attached hydrogen (secondary N) is 1. The number of aromatic nitrogens is 3. The van der Waals surface area contributed by atoms with Crippen LogP contribution in [0.1, 0.15) is 80.9 Å². The number of hydrogen-bond donors (Lipinski definition) is 2. The van der Waals surface area contributed by atoms with Gasteiger partial charge in [-0.3, -0.25) is 4.79 Å². The zero-order chi connectivity index (χ0) is 38.6. The molecule has 12 nitrogen and oxygen atoms in total. The number of piperidine rings is 1. The van der Waals surface area contributed by atoms with Crippen LogP contribution in [0.5, 0.6) is 11.6 Å². The topological polar surface area (TPSA) is 149 Å². The number of anilines is 2. The lowest BCUT2D eigenvalue weighted by atomic mass is 9.97. The number of nitrogens with zero attached hydrogens (tertiary/aromatic N) is 5. The van der Waals surface area contributed by atoms with Gasteiger partial charge in [-0.1, -0.05) is 62.1 Å². The number of likely N-dealkylation sites (tertiary alicyclic amines) is 1. The minimum atomic E-state index is -0.696. The first-order valence-corrected chi connectivity index (χ1v) is 18.8. The molecule has 0 saturated carbocycles. The molecule has 0 aliphatic carbocycles. The van der Waals surface area contributed by atoms with Gasteiger partial charge >= 0.3 is 12.1 Å². The summed E-state index contributed by atoms with van der Waals surface area (Å²) in [6.45, 7) is 11.5. The number of pyridine rings is 1. The molecular weight excluding hydrogens is 689 g/mol. The number of hydrogen-bond acceptors (Lipinski definition) is 10. The average molecular weight is 742 g/mol. The molecule has 1 aliphatic rings. The van der Waals surface area contributed by atoms with E-state index in [0.29, 0.717) is 35.8 Å². The quantitative estimate of drug-likeness (QED) is 0.108. The Labute approximate surface area is 316 Å². The van der Waals surface area contributed by atoms with E-state index < -0.39 is 17.8 Å². The fourth-order valence-electron chi connectivity index (χ4n) is 6.19. The molecule has 2 aromatic heterocycles. The van der Waals surface area contributed by atoms with Gasteiger partial charge in [0.1, 0.15) is 11.6 Å². The van der Waals surface area contributed by atoms with Crippen molar-refractivity contribution in [3.63, 3.8) is 0 Å². The van der Waals surface area contributed by atoms with E-state index in [1.165, 1.54) is 42.2 Å². The van der Waals surface area contributed by atoms with Crippen molar-refractivity contribution in [1.29, 1.82) is 0 Å². The number of halogens is 1. The summed E-state index contributed by atoms with van der Waals surface area (Å²) in [5.41, 5.74) is 10.1. The molecule has 13 heteroatoms. The van der Waals surface area contributed by atoms with Crippen LogP contribution in [0.15, 0.2) is 70.7 Å². The molecule has 1 saturated heterocycles. The first kappa shape index (κ1) is 40.1. The zero-order valence-corrected chi connectivity index (χ0v) is 31.9. The van der Waals surface area contributed by atoms with Crippen molar-refractivity contribution < 1.29 is 27.9 Å². The molecule has 1 atom stereocenters. The largest absolute Gasteiger partial charge is 0.496 e. The van der Waals surface area contributed by atoms with Gasteiger partial charge in [0.25, 0.3) is 11.8 Å². The van der Waals surface area contributed by atoms with E-state index in [1.54, 1.807) is 30.3 Å². The van der Waals surface area contributed by atoms with Gasteiger partial charge in [0.2, 0.25) is 5.88 Å². The maximum atomic E-state index is 14.2. The number of benzene rings is 2. The second-order valence-corrected chi connectivity index (χ2v) is 14.0. The third-order valence-electron chi connectivity index (χ3n) is 9.73. The highest BCUT2D eigenvalue weighted by atomic mass is 19.1. The lowest BCUT2D eigenvalue weighted by molar-refractivity contribution is 0.102. The van der Waals surface area contributed by atoms with Gasteiger partial charge in [0, 0.05) is 36.8 Å². The molecule has 2 amide bonds. The van der Waals surface area contributed by atoms with Gasteiger partial charge in [-0.2, -0.15) is 0 Å². The molecule has 1 aliphatic heterocycles. The second kappa shape index (κ2) is 19.3. The molecule has 2 aromatic carbocycles.